The fourth-order valence-electron chi connectivity index (χ4n) is 3.64. The van der Waals surface area contributed by atoms with Crippen molar-refractivity contribution in [2.24, 2.45) is 5.73 Å². The Morgan fingerprint density at radius 1 is 1.31 bits per heavy atom. The Bertz CT molecular complexity index is 1130. The van der Waals surface area contributed by atoms with Crippen LogP contribution in [0, 0.1) is 29.6 Å². The predicted octanol–water partition coefficient (Wildman–Crippen LogP) is 3.83. The third-order valence-corrected chi connectivity index (χ3v) is 7.78. The predicted molar refractivity (Wildman–Crippen MR) is 113 cm³/mol. The number of nitrogens with zero attached hydrogens (tertiary/aromatic N) is 5. The van der Waals surface area contributed by atoms with E-state index in [2.05, 4.69) is 22.3 Å². The van der Waals surface area contributed by atoms with E-state index >= 15 is 0 Å². The first-order chi connectivity index (χ1) is 14.0. The van der Waals surface area contributed by atoms with Crippen LogP contribution in [0.15, 0.2) is 39.1 Å². The molecule has 1 unspecified atom stereocenters. The fraction of sp³-hybridized carbons (Fsp3) is 0.316. The maximum absolute atomic E-state index is 13.0. The van der Waals surface area contributed by atoms with Gasteiger partial charge in [-0.2, -0.15) is 10.5 Å². The summed E-state index contributed by atoms with van der Waals surface area (Å²) in [6.45, 7) is 2.00. The lowest BCUT2D eigenvalue weighted by atomic mass is 9.78. The summed E-state index contributed by atoms with van der Waals surface area (Å²) in [6.07, 6.45) is 1.88. The number of ketones is 1. The smallest absolute Gasteiger partial charge is 0.219 e. The van der Waals surface area contributed by atoms with Gasteiger partial charge >= 0.3 is 0 Å². The Balaban J connectivity index is 1.87. The van der Waals surface area contributed by atoms with Gasteiger partial charge in [-0.05, 0) is 31.9 Å². The van der Waals surface area contributed by atoms with Crippen LogP contribution in [0.4, 0.5) is 5.13 Å². The zero-order chi connectivity index (χ0) is 20.5. The Morgan fingerprint density at radius 2 is 2.14 bits per heavy atom. The Morgan fingerprint density at radius 3 is 2.83 bits per heavy atom. The van der Waals surface area contributed by atoms with Gasteiger partial charge in [-0.25, -0.2) is 0 Å². The lowest BCUT2D eigenvalue weighted by Gasteiger charge is -2.37. The second kappa shape index (κ2) is 7.99. The highest BCUT2D eigenvalue weighted by atomic mass is 32.2. The van der Waals surface area contributed by atoms with Crippen LogP contribution >= 0.6 is 34.4 Å². The zero-order valence-corrected chi connectivity index (χ0v) is 18.0. The molecule has 0 fully saturated rings. The Labute approximate surface area is 180 Å². The van der Waals surface area contributed by atoms with E-state index in [0.717, 1.165) is 21.9 Å². The Hall–Kier alpha value is -2.66. The van der Waals surface area contributed by atoms with Crippen LogP contribution in [-0.2, 0) is 4.79 Å². The van der Waals surface area contributed by atoms with E-state index in [1.807, 2.05) is 19.1 Å². The number of nitrogens with two attached hydrogens (primary N) is 1. The van der Waals surface area contributed by atoms with Gasteiger partial charge in [-0.3, -0.25) is 9.69 Å². The van der Waals surface area contributed by atoms with Crippen LogP contribution < -0.4 is 10.6 Å². The number of nitriles is 2. The number of rotatable bonds is 4. The summed E-state index contributed by atoms with van der Waals surface area (Å²) in [4.78, 5) is 16.8. The monoisotopic (exact) mass is 440 g/mol. The molecule has 29 heavy (non-hydrogen) atoms. The van der Waals surface area contributed by atoms with E-state index in [0.29, 0.717) is 39.3 Å². The first kappa shape index (κ1) is 19.6. The van der Waals surface area contributed by atoms with Crippen molar-refractivity contribution in [1.29, 1.82) is 10.5 Å². The van der Waals surface area contributed by atoms with E-state index < -0.39 is 5.92 Å². The number of hydrogen-bond acceptors (Lipinski definition) is 10. The van der Waals surface area contributed by atoms with Gasteiger partial charge in [-0.1, -0.05) is 23.1 Å². The molecule has 146 valence electrons. The minimum absolute atomic E-state index is 0.0520. The first-order valence-corrected chi connectivity index (χ1v) is 11.5. The van der Waals surface area contributed by atoms with Gasteiger partial charge in [0.1, 0.15) is 5.82 Å². The average Bonchev–Trinajstić information content (AvgIpc) is 3.34. The number of aromatic nitrogens is 2. The summed E-state index contributed by atoms with van der Waals surface area (Å²) in [7, 11) is 0. The third-order valence-electron chi connectivity index (χ3n) is 4.81. The number of Topliss-reactive ketones (excluding diaryl/α,β-unsaturated/α-hetero) is 1. The van der Waals surface area contributed by atoms with Crippen molar-refractivity contribution in [2.75, 3.05) is 10.7 Å². The molecular formula is C19H16N6OS3. The largest absolute Gasteiger partial charge is 0.384 e. The molecule has 4 rings (SSSR count). The standard InChI is InChI=1S/C19H16N6OS3/c1-10-5-6-14(28-10)15-11(9-21)17(22)25(12-3-2-4-13(26)16(12)15)18-23-24-19(29-18)27-8-7-20/h5-6,15H,2-4,8,22H2,1H3. The van der Waals surface area contributed by atoms with E-state index in [4.69, 9.17) is 11.0 Å². The summed E-state index contributed by atoms with van der Waals surface area (Å²) < 4.78 is 0.646. The number of thiophene rings is 1. The molecule has 1 aliphatic heterocycles. The summed E-state index contributed by atoms with van der Waals surface area (Å²) in [6, 6.07) is 8.28. The van der Waals surface area contributed by atoms with Crippen LogP contribution in [0.1, 0.15) is 34.9 Å². The SMILES string of the molecule is Cc1ccc(C2C(C#N)=C(N)N(c3nnc(SCC#N)s3)C3=C2C(=O)CCC3)s1. The van der Waals surface area contributed by atoms with E-state index in [9.17, 15) is 10.1 Å². The topological polar surface area (TPSA) is 120 Å². The fourth-order valence-corrected chi connectivity index (χ4v) is 6.18. The van der Waals surface area contributed by atoms with Gasteiger partial charge in [0.2, 0.25) is 5.13 Å². The number of aryl methyl sites for hydroxylation is 1. The van der Waals surface area contributed by atoms with Crippen LogP contribution in [0.2, 0.25) is 0 Å². The van der Waals surface area contributed by atoms with Crippen molar-refractivity contribution in [3.63, 3.8) is 0 Å². The molecule has 1 aliphatic carbocycles. The van der Waals surface area contributed by atoms with Crippen molar-refractivity contribution in [3.8, 4) is 12.1 Å². The molecule has 0 amide bonds. The molecule has 0 bridgehead atoms. The molecule has 2 aliphatic rings. The van der Waals surface area contributed by atoms with Crippen molar-refractivity contribution in [3.05, 3.63) is 44.6 Å². The minimum Gasteiger partial charge on any atom is -0.384 e. The normalized spacial score (nSPS) is 19.2. The van der Waals surface area contributed by atoms with Crippen molar-refractivity contribution >= 4 is 45.4 Å². The summed E-state index contributed by atoms with van der Waals surface area (Å²) in [5.74, 6) is 0.189. The molecule has 2 aromatic heterocycles. The molecule has 7 nitrogen and oxygen atoms in total. The number of carbonyl (C=O) groups excluding carboxylic acids is 1. The van der Waals surface area contributed by atoms with Gasteiger partial charge in [-0.15, -0.1) is 21.5 Å². The van der Waals surface area contributed by atoms with Crippen molar-refractivity contribution in [1.82, 2.24) is 10.2 Å². The molecule has 10 heteroatoms. The molecule has 0 saturated carbocycles. The van der Waals surface area contributed by atoms with Crippen molar-refractivity contribution in [2.45, 2.75) is 36.4 Å². The van der Waals surface area contributed by atoms with Gasteiger partial charge in [0.25, 0.3) is 0 Å². The molecular weight excluding hydrogens is 424 g/mol. The number of allylic oxidation sites excluding steroid dienone is 3. The highest BCUT2D eigenvalue weighted by molar-refractivity contribution is 8.01. The number of anilines is 1. The van der Waals surface area contributed by atoms with Gasteiger partial charge in [0, 0.05) is 27.4 Å². The molecule has 2 aromatic rings. The highest BCUT2D eigenvalue weighted by Crippen LogP contribution is 2.48. The van der Waals surface area contributed by atoms with Crippen molar-refractivity contribution < 1.29 is 4.79 Å². The van der Waals surface area contributed by atoms with Crippen LogP contribution in [0.25, 0.3) is 0 Å². The van der Waals surface area contributed by atoms with Crippen LogP contribution in [-0.4, -0.2) is 21.7 Å². The van der Waals surface area contributed by atoms with E-state index in [-0.39, 0.29) is 11.5 Å². The second-order valence-corrected chi connectivity index (χ2v) is 10.1. The average molecular weight is 441 g/mol. The molecule has 0 saturated heterocycles. The minimum atomic E-state index is -0.432. The number of hydrogen-bond donors (Lipinski definition) is 1. The van der Waals surface area contributed by atoms with Gasteiger partial charge in [0.05, 0.1) is 29.4 Å². The van der Waals surface area contributed by atoms with E-state index in [1.165, 1.54) is 23.1 Å². The number of thioether (sulfide) groups is 1. The molecule has 1 atom stereocenters. The van der Waals surface area contributed by atoms with Crippen LogP contribution in [0.5, 0.6) is 0 Å². The Kier molecular flexibility index (Phi) is 5.41. The second-order valence-electron chi connectivity index (χ2n) is 6.56. The van der Waals surface area contributed by atoms with E-state index in [1.54, 1.807) is 16.2 Å². The molecule has 3 heterocycles. The van der Waals surface area contributed by atoms with Crippen LogP contribution in [0.3, 0.4) is 0 Å². The molecule has 0 spiro atoms. The lowest BCUT2D eigenvalue weighted by molar-refractivity contribution is -0.116. The molecule has 0 radical (unpaired) electrons. The maximum Gasteiger partial charge on any atom is 0.219 e. The zero-order valence-electron chi connectivity index (χ0n) is 15.5. The molecule has 2 N–H and O–H groups in total. The summed E-state index contributed by atoms with van der Waals surface area (Å²) in [5.41, 5.74) is 8.30. The maximum atomic E-state index is 13.0. The summed E-state index contributed by atoms with van der Waals surface area (Å²) >= 11 is 4.18. The number of carbonyl (C=O) groups is 1. The third kappa shape index (κ3) is 3.44. The van der Waals surface area contributed by atoms with Gasteiger partial charge < -0.3 is 5.73 Å². The van der Waals surface area contributed by atoms with Gasteiger partial charge in [0.15, 0.2) is 10.1 Å². The quantitative estimate of drug-likeness (QED) is 0.712. The highest BCUT2D eigenvalue weighted by Gasteiger charge is 2.41. The first-order valence-electron chi connectivity index (χ1n) is 8.90. The molecule has 0 aromatic carbocycles. The lowest BCUT2D eigenvalue weighted by Crippen LogP contribution is -2.38. The summed E-state index contributed by atoms with van der Waals surface area (Å²) in [5, 5.41) is 27.6.